The standard InChI is InChI=1S/C28H23ClN2O5S/c1-3-14-36-20-11-6-17(7-12-20)25(32)23-24(16-4-9-19(35-2)10-5-16)31(27(34)26(23)33)28-30-21-13-8-18(29)15-22(21)37-28/h4-13,15,24,32H,3,14H2,1-2H3/b25-23+. The topological polar surface area (TPSA) is 89.0 Å². The number of hydrogen-bond donors (Lipinski definition) is 1. The van der Waals surface area contributed by atoms with Crippen LogP contribution in [0.15, 0.2) is 72.3 Å². The van der Waals surface area contributed by atoms with E-state index in [2.05, 4.69) is 4.98 Å². The number of Topliss-reactive ketones (excluding diaryl/α,β-unsaturated/α-hetero) is 1. The molecule has 0 aliphatic carbocycles. The molecule has 0 bridgehead atoms. The largest absolute Gasteiger partial charge is 0.507 e. The lowest BCUT2D eigenvalue weighted by atomic mass is 9.95. The lowest BCUT2D eigenvalue weighted by Crippen LogP contribution is -2.29. The van der Waals surface area contributed by atoms with E-state index < -0.39 is 17.7 Å². The molecule has 7 nitrogen and oxygen atoms in total. The van der Waals surface area contributed by atoms with Gasteiger partial charge in [0.05, 0.1) is 35.5 Å². The van der Waals surface area contributed by atoms with Crippen molar-refractivity contribution in [1.29, 1.82) is 0 Å². The number of benzene rings is 3. The van der Waals surface area contributed by atoms with Crippen molar-refractivity contribution in [2.24, 2.45) is 0 Å². The Morgan fingerprint density at radius 2 is 1.76 bits per heavy atom. The first-order chi connectivity index (χ1) is 17.9. The van der Waals surface area contributed by atoms with E-state index in [1.54, 1.807) is 73.8 Å². The van der Waals surface area contributed by atoms with Crippen molar-refractivity contribution in [3.05, 3.63) is 88.5 Å². The van der Waals surface area contributed by atoms with Gasteiger partial charge in [-0.3, -0.25) is 14.5 Å². The molecule has 1 saturated heterocycles. The first-order valence-corrected chi connectivity index (χ1v) is 12.8. The predicted octanol–water partition coefficient (Wildman–Crippen LogP) is 6.37. The second-order valence-electron chi connectivity index (χ2n) is 8.42. The quantitative estimate of drug-likeness (QED) is 0.168. The first kappa shape index (κ1) is 24.8. The highest BCUT2D eigenvalue weighted by Gasteiger charge is 2.48. The van der Waals surface area contributed by atoms with Crippen LogP contribution >= 0.6 is 22.9 Å². The zero-order valence-corrected chi connectivity index (χ0v) is 21.7. The van der Waals surface area contributed by atoms with Gasteiger partial charge in [-0.25, -0.2) is 4.98 Å². The molecular formula is C28H23ClN2O5S. The summed E-state index contributed by atoms with van der Waals surface area (Å²) in [7, 11) is 1.56. The van der Waals surface area contributed by atoms with Crippen molar-refractivity contribution in [2.75, 3.05) is 18.6 Å². The summed E-state index contributed by atoms with van der Waals surface area (Å²) >= 11 is 7.40. The van der Waals surface area contributed by atoms with Gasteiger partial charge < -0.3 is 14.6 Å². The fourth-order valence-corrected chi connectivity index (χ4v) is 5.47. The summed E-state index contributed by atoms with van der Waals surface area (Å²) in [6.45, 7) is 2.58. The number of aliphatic hydroxyl groups is 1. The van der Waals surface area contributed by atoms with Crippen LogP contribution < -0.4 is 14.4 Å². The van der Waals surface area contributed by atoms with Crippen LogP contribution in [0.4, 0.5) is 5.13 Å². The number of thiazole rings is 1. The highest BCUT2D eigenvalue weighted by Crippen LogP contribution is 2.44. The number of carbonyl (C=O) groups excluding carboxylic acids is 2. The fraction of sp³-hybridized carbons (Fsp3) is 0.179. The maximum Gasteiger partial charge on any atom is 0.301 e. The molecule has 1 fully saturated rings. The number of nitrogens with zero attached hydrogens (tertiary/aromatic N) is 2. The minimum Gasteiger partial charge on any atom is -0.507 e. The van der Waals surface area contributed by atoms with Gasteiger partial charge in [0.15, 0.2) is 5.13 Å². The molecule has 1 unspecified atom stereocenters. The number of methoxy groups -OCH3 is 1. The normalized spacial score (nSPS) is 16.9. The Balaban J connectivity index is 1.64. The SMILES string of the molecule is CCCOc1ccc(/C(O)=C2\C(=O)C(=O)N(c3nc4ccc(Cl)cc4s3)C2c2ccc(OC)cc2)cc1. The molecule has 37 heavy (non-hydrogen) atoms. The predicted molar refractivity (Wildman–Crippen MR) is 145 cm³/mol. The molecule has 0 radical (unpaired) electrons. The summed E-state index contributed by atoms with van der Waals surface area (Å²) in [5, 5.41) is 12.2. The van der Waals surface area contributed by atoms with E-state index in [9.17, 15) is 14.7 Å². The Hall–Kier alpha value is -3.88. The number of carbonyl (C=O) groups is 2. The summed E-state index contributed by atoms with van der Waals surface area (Å²) in [4.78, 5) is 32.7. The molecule has 1 atom stereocenters. The molecule has 1 N–H and O–H groups in total. The molecule has 9 heteroatoms. The van der Waals surface area contributed by atoms with Crippen LogP contribution in [0, 0.1) is 0 Å². The molecule has 1 amide bonds. The zero-order valence-electron chi connectivity index (χ0n) is 20.1. The second-order valence-corrected chi connectivity index (χ2v) is 9.87. The molecule has 1 aliphatic heterocycles. The van der Waals surface area contributed by atoms with Crippen molar-refractivity contribution < 1.29 is 24.2 Å². The number of aromatic nitrogens is 1. The molecule has 0 spiro atoms. The average molecular weight is 535 g/mol. The Morgan fingerprint density at radius 1 is 1.05 bits per heavy atom. The van der Waals surface area contributed by atoms with Gasteiger partial charge in [-0.05, 0) is 66.6 Å². The second kappa shape index (κ2) is 10.2. The van der Waals surface area contributed by atoms with E-state index in [1.807, 2.05) is 6.92 Å². The number of anilines is 1. The van der Waals surface area contributed by atoms with Gasteiger partial charge in [0, 0.05) is 10.6 Å². The molecule has 3 aromatic carbocycles. The first-order valence-electron chi connectivity index (χ1n) is 11.7. The highest BCUT2D eigenvalue weighted by atomic mass is 35.5. The smallest absolute Gasteiger partial charge is 0.301 e. The third-order valence-corrected chi connectivity index (χ3v) is 7.27. The molecule has 1 aliphatic rings. The number of ketones is 1. The van der Waals surface area contributed by atoms with Crippen molar-refractivity contribution in [3.63, 3.8) is 0 Å². The molecule has 1 aromatic heterocycles. The van der Waals surface area contributed by atoms with Crippen LogP contribution in [-0.4, -0.2) is 35.5 Å². The number of hydrogen-bond acceptors (Lipinski definition) is 7. The van der Waals surface area contributed by atoms with Gasteiger partial charge in [-0.15, -0.1) is 0 Å². The van der Waals surface area contributed by atoms with Crippen LogP contribution in [0.5, 0.6) is 11.5 Å². The lowest BCUT2D eigenvalue weighted by Gasteiger charge is -2.23. The van der Waals surface area contributed by atoms with Gasteiger partial charge in [0.1, 0.15) is 17.3 Å². The number of ether oxygens (including phenoxy) is 2. The third-order valence-electron chi connectivity index (χ3n) is 6.02. The molecule has 5 rings (SSSR count). The Bertz CT molecular complexity index is 1510. The maximum absolute atomic E-state index is 13.4. The van der Waals surface area contributed by atoms with E-state index in [-0.39, 0.29) is 11.3 Å². The molecular weight excluding hydrogens is 512 g/mol. The van der Waals surface area contributed by atoms with Crippen LogP contribution in [0.3, 0.4) is 0 Å². The third kappa shape index (κ3) is 4.65. The van der Waals surface area contributed by atoms with Crippen molar-refractivity contribution >= 4 is 55.7 Å². The number of fused-ring (bicyclic) bond motifs is 1. The van der Waals surface area contributed by atoms with Gasteiger partial charge in [0.25, 0.3) is 5.78 Å². The number of rotatable bonds is 7. The molecule has 188 valence electrons. The van der Waals surface area contributed by atoms with Crippen LogP contribution in [0.25, 0.3) is 16.0 Å². The monoisotopic (exact) mass is 534 g/mol. The average Bonchev–Trinajstić information content (AvgIpc) is 3.45. The Labute approximate surface area is 222 Å². The molecule has 0 saturated carbocycles. The van der Waals surface area contributed by atoms with Crippen molar-refractivity contribution in [3.8, 4) is 11.5 Å². The van der Waals surface area contributed by atoms with Crippen molar-refractivity contribution in [1.82, 2.24) is 4.98 Å². The van der Waals surface area contributed by atoms with Gasteiger partial charge in [-0.2, -0.15) is 0 Å². The number of amides is 1. The summed E-state index contributed by atoms with van der Waals surface area (Å²) in [5.74, 6) is -0.554. The lowest BCUT2D eigenvalue weighted by molar-refractivity contribution is -0.132. The fourth-order valence-electron chi connectivity index (χ4n) is 4.21. The summed E-state index contributed by atoms with van der Waals surface area (Å²) in [6, 6.07) is 18.1. The van der Waals surface area contributed by atoms with Crippen LogP contribution in [0.1, 0.15) is 30.5 Å². The van der Waals surface area contributed by atoms with E-state index in [4.69, 9.17) is 21.1 Å². The van der Waals surface area contributed by atoms with E-state index in [1.165, 1.54) is 16.2 Å². The summed E-state index contributed by atoms with van der Waals surface area (Å²) in [5.41, 5.74) is 1.66. The van der Waals surface area contributed by atoms with Crippen LogP contribution in [-0.2, 0) is 9.59 Å². The van der Waals surface area contributed by atoms with E-state index in [0.29, 0.717) is 44.9 Å². The highest BCUT2D eigenvalue weighted by molar-refractivity contribution is 7.22. The maximum atomic E-state index is 13.4. The summed E-state index contributed by atoms with van der Waals surface area (Å²) in [6.07, 6.45) is 0.866. The zero-order chi connectivity index (χ0) is 26.1. The van der Waals surface area contributed by atoms with Crippen molar-refractivity contribution in [2.45, 2.75) is 19.4 Å². The van der Waals surface area contributed by atoms with E-state index >= 15 is 0 Å². The minimum atomic E-state index is -0.891. The van der Waals surface area contributed by atoms with Gasteiger partial charge in [-0.1, -0.05) is 42.0 Å². The van der Waals surface area contributed by atoms with Gasteiger partial charge in [0.2, 0.25) is 0 Å². The molecule has 4 aromatic rings. The summed E-state index contributed by atoms with van der Waals surface area (Å²) < 4.78 is 11.7. The van der Waals surface area contributed by atoms with Gasteiger partial charge >= 0.3 is 5.91 Å². The van der Waals surface area contributed by atoms with Crippen LogP contribution in [0.2, 0.25) is 5.02 Å². The minimum absolute atomic E-state index is 0.0188. The Morgan fingerprint density at radius 3 is 2.43 bits per heavy atom. The molecule has 2 heterocycles. The number of halogens is 1. The number of aliphatic hydroxyl groups excluding tert-OH is 1. The van der Waals surface area contributed by atoms with E-state index in [0.717, 1.165) is 11.1 Å². The Kier molecular flexibility index (Phi) is 6.86.